The van der Waals surface area contributed by atoms with E-state index in [1.165, 1.54) is 6.20 Å². The van der Waals surface area contributed by atoms with Crippen LogP contribution >= 0.6 is 0 Å². The van der Waals surface area contributed by atoms with Crippen molar-refractivity contribution in [3.63, 3.8) is 0 Å². The van der Waals surface area contributed by atoms with E-state index in [1.807, 2.05) is 0 Å². The Labute approximate surface area is 102 Å². The smallest absolute Gasteiger partial charge is 0.322 e. The van der Waals surface area contributed by atoms with Crippen molar-refractivity contribution < 1.29 is 14.7 Å². The fourth-order valence-corrected chi connectivity index (χ4v) is 1.65. The predicted octanol–water partition coefficient (Wildman–Crippen LogP) is 0.631. The van der Waals surface area contributed by atoms with Crippen molar-refractivity contribution in [2.24, 2.45) is 0 Å². The average molecular weight is 245 g/mol. The summed E-state index contributed by atoms with van der Waals surface area (Å²) in [6, 6.07) is 6.86. The Morgan fingerprint density at radius 3 is 2.78 bits per heavy atom. The molecule has 92 valence electrons. The molecule has 1 heterocycles. The third-order valence-electron chi connectivity index (χ3n) is 2.46. The molecule has 1 aromatic carbocycles. The molecule has 0 aliphatic rings. The normalized spacial score (nSPS) is 10.2. The molecule has 0 saturated heterocycles. The lowest BCUT2D eigenvalue weighted by Gasteiger charge is -2.07. The summed E-state index contributed by atoms with van der Waals surface area (Å²) in [7, 11) is 0. The molecule has 0 atom stereocenters. The molecule has 0 radical (unpaired) electrons. The number of aromatic nitrogens is 1. The first-order chi connectivity index (χ1) is 8.59. The summed E-state index contributed by atoms with van der Waals surface area (Å²) in [6.45, 7) is -0.445. The lowest BCUT2D eigenvalue weighted by atomic mass is 10.1. The molecule has 0 bridgehead atoms. The van der Waals surface area contributed by atoms with Gasteiger partial charge in [-0.05, 0) is 12.1 Å². The maximum Gasteiger partial charge on any atom is 0.322 e. The summed E-state index contributed by atoms with van der Waals surface area (Å²) < 4.78 is 0. The number of nitrogens with one attached hydrogen (secondary N) is 1. The number of rotatable bonds is 3. The molecular weight excluding hydrogens is 234 g/mol. The van der Waals surface area contributed by atoms with Crippen LogP contribution in [0.25, 0.3) is 10.8 Å². The molecule has 0 aliphatic carbocycles. The van der Waals surface area contributed by atoms with Gasteiger partial charge < -0.3 is 16.2 Å². The second-order valence-electron chi connectivity index (χ2n) is 3.68. The quantitative estimate of drug-likeness (QED) is 0.688. The number of fused-ring (bicyclic) bond motifs is 1. The number of carbonyl (C=O) groups is 2. The number of carboxylic acids is 1. The minimum Gasteiger partial charge on any atom is -0.480 e. The zero-order valence-electron chi connectivity index (χ0n) is 9.38. The molecule has 0 spiro atoms. The standard InChI is InChI=1S/C12H11N3O3/c13-9-3-1-2-8-7(9)4-5-14-11(8)12(18)15-6-10(16)17/h1-5H,6,13H2,(H,15,18)(H,16,17). The predicted molar refractivity (Wildman–Crippen MR) is 66.1 cm³/mol. The number of nitrogens with zero attached hydrogens (tertiary/aromatic N) is 1. The number of nitrogens with two attached hydrogens (primary N) is 1. The van der Waals surface area contributed by atoms with Crippen LogP contribution in [-0.4, -0.2) is 28.5 Å². The number of anilines is 1. The molecule has 0 saturated carbocycles. The first-order valence-electron chi connectivity index (χ1n) is 5.23. The van der Waals surface area contributed by atoms with Gasteiger partial charge in [0.2, 0.25) is 0 Å². The van der Waals surface area contributed by atoms with E-state index in [-0.39, 0.29) is 5.69 Å². The van der Waals surface area contributed by atoms with Crippen LogP contribution in [0.2, 0.25) is 0 Å². The highest BCUT2D eigenvalue weighted by Crippen LogP contribution is 2.22. The van der Waals surface area contributed by atoms with E-state index in [4.69, 9.17) is 10.8 Å². The Hall–Kier alpha value is -2.63. The number of nitrogen functional groups attached to an aromatic ring is 1. The van der Waals surface area contributed by atoms with E-state index in [9.17, 15) is 9.59 Å². The molecule has 6 heteroatoms. The molecule has 18 heavy (non-hydrogen) atoms. The van der Waals surface area contributed by atoms with Gasteiger partial charge >= 0.3 is 5.97 Å². The topological polar surface area (TPSA) is 105 Å². The first-order valence-corrected chi connectivity index (χ1v) is 5.23. The molecule has 2 aromatic rings. The Kier molecular flexibility index (Phi) is 3.09. The van der Waals surface area contributed by atoms with Gasteiger partial charge in [-0.2, -0.15) is 0 Å². The fourth-order valence-electron chi connectivity index (χ4n) is 1.65. The zero-order chi connectivity index (χ0) is 13.1. The number of benzene rings is 1. The zero-order valence-corrected chi connectivity index (χ0v) is 9.38. The van der Waals surface area contributed by atoms with Crippen LogP contribution < -0.4 is 11.1 Å². The minimum atomic E-state index is -1.11. The number of carbonyl (C=O) groups excluding carboxylic acids is 1. The highest BCUT2D eigenvalue weighted by Gasteiger charge is 2.13. The van der Waals surface area contributed by atoms with Crippen molar-refractivity contribution in [3.8, 4) is 0 Å². The summed E-state index contributed by atoms with van der Waals surface area (Å²) in [5.41, 5.74) is 6.51. The Balaban J connectivity index is 2.42. The lowest BCUT2D eigenvalue weighted by Crippen LogP contribution is -2.30. The van der Waals surface area contributed by atoms with E-state index >= 15 is 0 Å². The van der Waals surface area contributed by atoms with Crippen LogP contribution in [0.15, 0.2) is 30.5 Å². The minimum absolute atomic E-state index is 0.168. The Bertz CT molecular complexity index is 625. The summed E-state index contributed by atoms with van der Waals surface area (Å²) in [5, 5.41) is 12.1. The summed E-state index contributed by atoms with van der Waals surface area (Å²) in [4.78, 5) is 26.2. The SMILES string of the molecule is Nc1cccc2c(C(=O)NCC(=O)O)nccc12. The van der Waals surface area contributed by atoms with Gasteiger partial charge in [0.15, 0.2) is 0 Å². The average Bonchev–Trinajstić information content (AvgIpc) is 2.36. The van der Waals surface area contributed by atoms with Crippen LogP contribution in [0.5, 0.6) is 0 Å². The van der Waals surface area contributed by atoms with Gasteiger partial charge in [-0.3, -0.25) is 14.6 Å². The molecule has 4 N–H and O–H groups in total. The monoisotopic (exact) mass is 245 g/mol. The van der Waals surface area contributed by atoms with Crippen LogP contribution in [0.3, 0.4) is 0 Å². The van der Waals surface area contributed by atoms with Gasteiger partial charge in [0.25, 0.3) is 5.91 Å². The number of carboxylic acid groups (broad SMARTS) is 1. The highest BCUT2D eigenvalue weighted by atomic mass is 16.4. The van der Waals surface area contributed by atoms with Crippen LogP contribution in [-0.2, 0) is 4.79 Å². The van der Waals surface area contributed by atoms with Gasteiger partial charge in [-0.15, -0.1) is 0 Å². The number of amides is 1. The van der Waals surface area contributed by atoms with Crippen LogP contribution in [0.4, 0.5) is 5.69 Å². The van der Waals surface area contributed by atoms with Crippen molar-refractivity contribution in [1.29, 1.82) is 0 Å². The molecule has 2 rings (SSSR count). The van der Waals surface area contributed by atoms with E-state index in [1.54, 1.807) is 24.3 Å². The van der Waals surface area contributed by atoms with E-state index in [2.05, 4.69) is 10.3 Å². The third kappa shape index (κ3) is 2.22. The van der Waals surface area contributed by atoms with E-state index in [0.717, 1.165) is 0 Å². The Morgan fingerprint density at radius 1 is 1.28 bits per heavy atom. The van der Waals surface area contributed by atoms with Gasteiger partial charge in [0.05, 0.1) is 0 Å². The summed E-state index contributed by atoms with van der Waals surface area (Å²) in [5.74, 6) is -1.64. The third-order valence-corrected chi connectivity index (χ3v) is 2.46. The van der Waals surface area contributed by atoms with Crippen molar-refractivity contribution in [3.05, 3.63) is 36.2 Å². The number of aliphatic carboxylic acids is 1. The maximum absolute atomic E-state index is 11.8. The summed E-state index contributed by atoms with van der Waals surface area (Å²) >= 11 is 0. The molecule has 6 nitrogen and oxygen atoms in total. The molecule has 1 amide bonds. The first kappa shape index (κ1) is 11.8. The van der Waals surface area contributed by atoms with Gasteiger partial charge in [0, 0.05) is 22.7 Å². The second-order valence-corrected chi connectivity index (χ2v) is 3.68. The van der Waals surface area contributed by atoms with Crippen molar-refractivity contribution in [2.75, 3.05) is 12.3 Å². The van der Waals surface area contributed by atoms with E-state index < -0.39 is 18.4 Å². The van der Waals surface area contributed by atoms with Crippen molar-refractivity contribution >= 4 is 28.3 Å². The largest absolute Gasteiger partial charge is 0.480 e. The molecule has 0 unspecified atom stereocenters. The van der Waals surface area contributed by atoms with Gasteiger partial charge in [-0.1, -0.05) is 12.1 Å². The van der Waals surface area contributed by atoms with Crippen molar-refractivity contribution in [2.45, 2.75) is 0 Å². The van der Waals surface area contributed by atoms with E-state index in [0.29, 0.717) is 16.5 Å². The lowest BCUT2D eigenvalue weighted by molar-refractivity contribution is -0.135. The van der Waals surface area contributed by atoms with Crippen LogP contribution in [0.1, 0.15) is 10.5 Å². The van der Waals surface area contributed by atoms with Crippen LogP contribution in [0, 0.1) is 0 Å². The van der Waals surface area contributed by atoms with Gasteiger partial charge in [-0.25, -0.2) is 0 Å². The molecule has 0 fully saturated rings. The number of hydrogen-bond donors (Lipinski definition) is 3. The molecule has 1 aromatic heterocycles. The molecule has 0 aliphatic heterocycles. The maximum atomic E-state index is 11.8. The Morgan fingerprint density at radius 2 is 2.06 bits per heavy atom. The number of hydrogen-bond acceptors (Lipinski definition) is 4. The van der Waals surface area contributed by atoms with Crippen molar-refractivity contribution in [1.82, 2.24) is 10.3 Å². The second kappa shape index (κ2) is 4.70. The molecular formula is C12H11N3O3. The number of pyridine rings is 1. The summed E-state index contributed by atoms with van der Waals surface area (Å²) in [6.07, 6.45) is 1.47. The highest BCUT2D eigenvalue weighted by molar-refractivity contribution is 6.08. The fraction of sp³-hybridized carbons (Fsp3) is 0.0833. The van der Waals surface area contributed by atoms with Gasteiger partial charge in [0.1, 0.15) is 12.2 Å².